The molecule has 0 aliphatic heterocycles. The Labute approximate surface area is 151 Å². The van der Waals surface area contributed by atoms with Crippen molar-refractivity contribution in [3.8, 4) is 0 Å². The van der Waals surface area contributed by atoms with Gasteiger partial charge in [-0.1, -0.05) is 6.92 Å². The van der Waals surface area contributed by atoms with E-state index in [0.29, 0.717) is 5.69 Å². The van der Waals surface area contributed by atoms with Crippen molar-refractivity contribution in [2.45, 2.75) is 6.92 Å². The molecule has 0 bridgehead atoms. The lowest BCUT2D eigenvalue weighted by molar-refractivity contribution is 0.234. The molecule has 0 saturated heterocycles. The van der Waals surface area contributed by atoms with Crippen LogP contribution in [0.4, 0.5) is 15.9 Å². The largest absolute Gasteiger partial charge is 0.364 e. The second-order valence-electron chi connectivity index (χ2n) is 4.86. The zero-order valence-corrected chi connectivity index (χ0v) is 15.5. The number of hydrogen-bond acceptors (Lipinski definition) is 8. The van der Waals surface area contributed by atoms with Crippen molar-refractivity contribution >= 4 is 43.0 Å². The number of nitrogens with one attached hydrogen (secondary N) is 3. The lowest BCUT2D eigenvalue weighted by Gasteiger charge is -2.07. The number of rotatable bonds is 7. The molecular weight excluding hydrogens is 419 g/mol. The van der Waals surface area contributed by atoms with E-state index in [9.17, 15) is 13.8 Å². The van der Waals surface area contributed by atoms with Crippen LogP contribution in [0.15, 0.2) is 32.3 Å². The van der Waals surface area contributed by atoms with E-state index in [1.807, 2.05) is 5.48 Å². The Hall–Kier alpha value is -2.05. The summed E-state index contributed by atoms with van der Waals surface area (Å²) in [6.07, 6.45) is 0. The molecule has 1 aromatic heterocycles. The van der Waals surface area contributed by atoms with Gasteiger partial charge in [0.15, 0.2) is 11.5 Å². The highest BCUT2D eigenvalue weighted by atomic mass is 79.9. The van der Waals surface area contributed by atoms with Crippen molar-refractivity contribution in [3.05, 3.63) is 34.2 Å². The number of benzene rings is 1. The van der Waals surface area contributed by atoms with Crippen LogP contribution in [-0.4, -0.2) is 43.6 Å². The van der Waals surface area contributed by atoms with E-state index in [4.69, 9.17) is 4.78 Å². The predicted molar refractivity (Wildman–Crippen MR) is 94.3 cm³/mol. The minimum absolute atomic E-state index is 0.0793. The van der Waals surface area contributed by atoms with E-state index in [2.05, 4.69) is 41.2 Å². The van der Waals surface area contributed by atoms with Crippen LogP contribution in [0, 0.1) is 10.6 Å². The molecular formula is C13H16BrFN6O3S. The molecule has 0 aliphatic rings. The maximum absolute atomic E-state index is 13.3. The molecule has 0 saturated carbocycles. The molecule has 0 aliphatic carbocycles. The third-order valence-corrected chi connectivity index (χ3v) is 5.56. The lowest BCUT2D eigenvalue weighted by Crippen LogP contribution is -2.23. The number of halogens is 2. The molecule has 0 amide bonds. The van der Waals surface area contributed by atoms with Crippen molar-refractivity contribution in [3.63, 3.8) is 0 Å². The Bertz CT molecular complexity index is 870. The first kappa shape index (κ1) is 19.3. The number of aromatic nitrogens is 2. The molecule has 12 heteroatoms. The molecule has 0 spiro atoms. The first-order chi connectivity index (χ1) is 11.9. The van der Waals surface area contributed by atoms with Gasteiger partial charge in [0, 0.05) is 27.8 Å². The fourth-order valence-electron chi connectivity index (χ4n) is 1.75. The van der Waals surface area contributed by atoms with Crippen LogP contribution in [-0.2, 0) is 9.73 Å². The summed E-state index contributed by atoms with van der Waals surface area (Å²) in [5.41, 5.74) is 2.32. The van der Waals surface area contributed by atoms with E-state index in [0.717, 1.165) is 0 Å². The third-order valence-electron chi connectivity index (χ3n) is 3.15. The standard InChI is InChI=1S/C13H16BrFN6O3S/c1-2-25(16,23)6-5-17-12-11(20-24-21-12)13(19-22)18-8-3-4-10(15)9(14)7-8/h3-4,7,16,22H,2,5-6H2,1H3,(H,17,21)(H,18,19). The minimum atomic E-state index is -2.65. The molecule has 0 radical (unpaired) electrons. The SMILES string of the molecule is CCS(=N)(=O)CCNc1nonc1C(=Nc1ccc(F)c(Br)c1)NO. The minimum Gasteiger partial charge on any atom is -0.364 e. The summed E-state index contributed by atoms with van der Waals surface area (Å²) < 4.78 is 37.4. The quantitative estimate of drug-likeness (QED) is 0.298. The third kappa shape index (κ3) is 5.21. The van der Waals surface area contributed by atoms with Crippen LogP contribution in [0.1, 0.15) is 12.6 Å². The van der Waals surface area contributed by atoms with Gasteiger partial charge >= 0.3 is 0 Å². The van der Waals surface area contributed by atoms with Crippen LogP contribution in [0.5, 0.6) is 0 Å². The Morgan fingerprint density at radius 2 is 2.28 bits per heavy atom. The van der Waals surface area contributed by atoms with Crippen LogP contribution in [0.2, 0.25) is 0 Å². The van der Waals surface area contributed by atoms with Gasteiger partial charge in [-0.2, -0.15) is 0 Å². The second-order valence-corrected chi connectivity index (χ2v) is 8.33. The summed E-state index contributed by atoms with van der Waals surface area (Å²) >= 11 is 3.05. The summed E-state index contributed by atoms with van der Waals surface area (Å²) in [4.78, 5) is 4.12. The first-order valence-corrected chi connectivity index (χ1v) is 9.80. The van der Waals surface area contributed by atoms with E-state index >= 15 is 0 Å². The Morgan fingerprint density at radius 3 is 2.92 bits per heavy atom. The number of hydrogen-bond donors (Lipinski definition) is 4. The zero-order valence-electron chi connectivity index (χ0n) is 13.1. The molecule has 1 unspecified atom stereocenters. The van der Waals surface area contributed by atoms with Gasteiger partial charge in [0.05, 0.1) is 10.2 Å². The summed E-state index contributed by atoms with van der Waals surface area (Å²) in [6.45, 7) is 1.89. The fraction of sp³-hybridized carbons (Fsp3) is 0.308. The van der Waals surface area contributed by atoms with Gasteiger partial charge in [-0.3, -0.25) is 15.5 Å². The topological polar surface area (TPSA) is 136 Å². The van der Waals surface area contributed by atoms with Gasteiger partial charge in [-0.25, -0.2) is 18.2 Å². The van der Waals surface area contributed by atoms with Crippen LogP contribution >= 0.6 is 15.9 Å². The van der Waals surface area contributed by atoms with Crippen molar-refractivity contribution in [1.29, 1.82) is 4.78 Å². The highest BCUT2D eigenvalue weighted by Gasteiger charge is 2.17. The maximum atomic E-state index is 13.3. The van der Waals surface area contributed by atoms with Gasteiger partial charge in [0.2, 0.25) is 5.82 Å². The monoisotopic (exact) mass is 434 g/mol. The van der Waals surface area contributed by atoms with E-state index in [1.165, 1.54) is 18.2 Å². The van der Waals surface area contributed by atoms with Gasteiger partial charge in [0.1, 0.15) is 5.82 Å². The fourth-order valence-corrected chi connectivity index (χ4v) is 2.84. The number of nitrogens with zero attached hydrogens (tertiary/aromatic N) is 3. The van der Waals surface area contributed by atoms with Crippen molar-refractivity contribution in [1.82, 2.24) is 15.8 Å². The second kappa shape index (κ2) is 8.36. The average Bonchev–Trinajstić information content (AvgIpc) is 3.04. The number of anilines is 1. The van der Waals surface area contributed by atoms with Crippen LogP contribution in [0.25, 0.3) is 0 Å². The highest BCUT2D eigenvalue weighted by Crippen LogP contribution is 2.23. The van der Waals surface area contributed by atoms with E-state index < -0.39 is 15.5 Å². The van der Waals surface area contributed by atoms with Crippen LogP contribution in [0.3, 0.4) is 0 Å². The van der Waals surface area contributed by atoms with Crippen molar-refractivity contribution in [2.75, 3.05) is 23.4 Å². The molecule has 0 fully saturated rings. The van der Waals surface area contributed by atoms with Gasteiger partial charge < -0.3 is 5.32 Å². The number of aliphatic imine (C=N–C) groups is 1. The van der Waals surface area contributed by atoms with Crippen molar-refractivity contribution < 1.29 is 18.4 Å². The normalized spacial score (nSPS) is 14.2. The number of amidine groups is 1. The number of hydroxylamine groups is 1. The lowest BCUT2D eigenvalue weighted by atomic mass is 10.3. The van der Waals surface area contributed by atoms with Gasteiger partial charge in [-0.05, 0) is 44.4 Å². The summed E-state index contributed by atoms with van der Waals surface area (Å²) in [5.74, 6) is 0.0119. The molecule has 1 heterocycles. The van der Waals surface area contributed by atoms with Crippen molar-refractivity contribution in [2.24, 2.45) is 4.99 Å². The molecule has 1 aromatic carbocycles. The Morgan fingerprint density at radius 1 is 1.52 bits per heavy atom. The summed E-state index contributed by atoms with van der Waals surface area (Å²) in [7, 11) is -2.65. The molecule has 1 atom stereocenters. The van der Waals surface area contributed by atoms with E-state index in [-0.39, 0.29) is 39.9 Å². The van der Waals surface area contributed by atoms with Crippen LogP contribution < -0.4 is 10.8 Å². The smallest absolute Gasteiger partial charge is 0.202 e. The predicted octanol–water partition coefficient (Wildman–Crippen LogP) is 2.51. The molecule has 25 heavy (non-hydrogen) atoms. The van der Waals surface area contributed by atoms with Gasteiger partial charge in [0.25, 0.3) is 0 Å². The summed E-state index contributed by atoms with van der Waals surface area (Å²) in [5, 5.41) is 19.5. The van der Waals surface area contributed by atoms with E-state index in [1.54, 1.807) is 6.92 Å². The molecule has 136 valence electrons. The molecule has 4 N–H and O–H groups in total. The summed E-state index contributed by atoms with van der Waals surface area (Å²) in [6, 6.07) is 4.05. The molecule has 2 aromatic rings. The maximum Gasteiger partial charge on any atom is 0.202 e. The Kier molecular flexibility index (Phi) is 6.45. The molecule has 2 rings (SSSR count). The molecule has 9 nitrogen and oxygen atoms in total. The Balaban J connectivity index is 2.20. The first-order valence-electron chi connectivity index (χ1n) is 7.11. The van der Waals surface area contributed by atoms with Gasteiger partial charge in [-0.15, -0.1) is 0 Å². The highest BCUT2D eigenvalue weighted by molar-refractivity contribution is 9.10. The average molecular weight is 435 g/mol. The zero-order chi connectivity index (χ0) is 18.4.